The molecule has 5 rings (SSSR count). The first-order chi connectivity index (χ1) is 25.7. The first-order valence-electron chi connectivity index (χ1n) is 17.4. The molecule has 6 unspecified atom stereocenters. The van der Waals surface area contributed by atoms with Crippen molar-refractivity contribution in [1.29, 1.82) is 0 Å². The standard InChI is InChI=1S/C32H47N7O13S.Ga/c40-25(41)9-8-24(30(50)51)36-31(52)35-23(29(48)49)3-1-2-10-33-32(53)34-21-6-4-20(5-7-21)15-22-16-38(18-27(44)45)12-11-37(17-26(42)43)13-14-39(22)19-28(46)47;/h4-7,22-24H,1-3,8-19H2,(H,40,41)(H,42,43)(H,44,45)(H,46,47)(H,48,49)(H,50,51)(H2,33,34,53)(H2,35,36,52);/q;+3/p-3. The van der Waals surface area contributed by atoms with Crippen LogP contribution in [0.25, 0.3) is 0 Å². The van der Waals surface area contributed by atoms with Gasteiger partial charge in [0.1, 0.15) is 12.1 Å². The number of carbonyl (C=O) groups excluding carboxylic acids is 4. The average molecular weight is 837 g/mol. The molecule has 0 aromatic heterocycles. The maximum Gasteiger partial charge on any atom is 0.326 e. The summed E-state index contributed by atoms with van der Waals surface area (Å²) in [5.74, 6) is -5.74. The van der Waals surface area contributed by atoms with Crippen molar-refractivity contribution >= 4 is 82.2 Å². The average Bonchev–Trinajstić information content (AvgIpc) is 3.10. The molecule has 0 spiro atoms. The van der Waals surface area contributed by atoms with Gasteiger partial charge in [-0.15, -0.1) is 0 Å². The fraction of sp³-hybridized carbons (Fsp3) is 0.562. The van der Waals surface area contributed by atoms with Gasteiger partial charge >= 0.3 is 210 Å². The van der Waals surface area contributed by atoms with Crippen LogP contribution in [0.5, 0.6) is 0 Å². The molecule has 6 atom stereocenters. The number of rotatable bonds is 15. The van der Waals surface area contributed by atoms with Gasteiger partial charge in [0.05, 0.1) is 0 Å². The molecule has 0 saturated carbocycles. The van der Waals surface area contributed by atoms with Gasteiger partial charge < -0.3 is 31.3 Å². The number of fused-ring (bicyclic) bond motifs is 9. The van der Waals surface area contributed by atoms with E-state index in [9.17, 15) is 43.8 Å². The number of urea groups is 1. The molecule has 4 saturated heterocycles. The monoisotopic (exact) mass is 835 g/mol. The second-order valence-corrected chi connectivity index (χ2v) is 16.1. The van der Waals surface area contributed by atoms with Crippen LogP contribution in [0.4, 0.5) is 10.5 Å². The molecule has 0 aliphatic carbocycles. The van der Waals surface area contributed by atoms with Crippen molar-refractivity contribution in [1.82, 2.24) is 30.7 Å². The Morgan fingerprint density at radius 2 is 1.37 bits per heavy atom. The molecule has 2 amide bonds. The second-order valence-electron chi connectivity index (χ2n) is 13.0. The molecule has 0 radical (unpaired) electrons. The van der Waals surface area contributed by atoms with Crippen molar-refractivity contribution in [3.63, 3.8) is 0 Å². The number of hydrogen-bond acceptors (Lipinski definition) is 14. The Labute approximate surface area is 322 Å². The number of amides is 2. The van der Waals surface area contributed by atoms with Crippen molar-refractivity contribution in [3.05, 3.63) is 29.8 Å². The van der Waals surface area contributed by atoms with Crippen LogP contribution in [0, 0.1) is 0 Å². The van der Waals surface area contributed by atoms with E-state index in [0.29, 0.717) is 69.3 Å². The van der Waals surface area contributed by atoms with Crippen molar-refractivity contribution in [2.45, 2.75) is 56.7 Å². The van der Waals surface area contributed by atoms with Crippen LogP contribution >= 0.6 is 12.2 Å². The fourth-order valence-corrected chi connectivity index (χ4v) is 8.42. The summed E-state index contributed by atoms with van der Waals surface area (Å²) < 4.78 is 16.1. The summed E-state index contributed by atoms with van der Waals surface area (Å²) in [6, 6.07) is 3.61. The molecule has 22 heteroatoms. The van der Waals surface area contributed by atoms with Gasteiger partial charge in [0.15, 0.2) is 0 Å². The van der Waals surface area contributed by atoms with Crippen molar-refractivity contribution in [3.8, 4) is 0 Å². The number of anilines is 1. The van der Waals surface area contributed by atoms with E-state index in [2.05, 4.69) is 21.3 Å². The smallest absolute Gasteiger partial charge is 0.326 e. The third kappa shape index (κ3) is 14.4. The van der Waals surface area contributed by atoms with Gasteiger partial charge in [-0.05, 0) is 37.9 Å². The molecule has 54 heavy (non-hydrogen) atoms. The van der Waals surface area contributed by atoms with Crippen LogP contribution in [-0.4, -0.2) is 171 Å². The zero-order valence-electron chi connectivity index (χ0n) is 29.4. The van der Waals surface area contributed by atoms with E-state index in [1.807, 2.05) is 39.0 Å². The van der Waals surface area contributed by atoms with E-state index in [4.69, 9.17) is 27.9 Å². The predicted octanol–water partition coefficient (Wildman–Crippen LogP) is -1.31. The fourth-order valence-electron chi connectivity index (χ4n) is 6.08. The second kappa shape index (κ2) is 20.8. The zero-order chi connectivity index (χ0) is 39.2. The van der Waals surface area contributed by atoms with E-state index in [1.54, 1.807) is 0 Å². The number of nitrogens with zero attached hydrogens (tertiary/aromatic N) is 3. The Morgan fingerprint density at radius 1 is 0.796 bits per heavy atom. The molecule has 1 aromatic rings. The first-order valence-corrected chi connectivity index (χ1v) is 20.8. The van der Waals surface area contributed by atoms with E-state index >= 15 is 0 Å². The number of hydrogen-bond donors (Lipinski definition) is 7. The topological polar surface area (TPSA) is 266 Å². The Morgan fingerprint density at radius 3 is 2.00 bits per heavy atom. The van der Waals surface area contributed by atoms with Gasteiger partial charge in [-0.25, -0.2) is 14.4 Å². The van der Waals surface area contributed by atoms with Crippen molar-refractivity contribution in [2.24, 2.45) is 0 Å². The van der Waals surface area contributed by atoms with Gasteiger partial charge in [0, 0.05) is 13.0 Å². The normalized spacial score (nSPS) is 22.6. The summed E-state index contributed by atoms with van der Waals surface area (Å²) in [6.45, 7) is 2.89. The maximum atomic E-state index is 12.9. The number of unbranched alkanes of at least 4 members (excludes halogenated alkanes) is 1. The van der Waals surface area contributed by atoms with Crippen LogP contribution < -0.4 is 21.3 Å². The molecular weight excluding hydrogens is 792 g/mol. The van der Waals surface area contributed by atoms with Crippen LogP contribution in [0.2, 0.25) is 0 Å². The maximum absolute atomic E-state index is 12.9. The number of benzene rings is 1. The molecule has 20 nitrogen and oxygen atoms in total. The van der Waals surface area contributed by atoms with Gasteiger partial charge in [0.25, 0.3) is 0 Å². The number of nitrogens with one attached hydrogen (secondary N) is 4. The number of thiocarbonyl (C=S) groups is 1. The van der Waals surface area contributed by atoms with Crippen molar-refractivity contribution < 1.29 is 59.5 Å². The zero-order valence-corrected chi connectivity index (χ0v) is 32.6. The number of carboxylic acid groups (broad SMARTS) is 3. The van der Waals surface area contributed by atoms with Crippen LogP contribution in [-0.2, 0) is 45.8 Å². The molecule has 4 fully saturated rings. The Hall–Kier alpha value is -4.48. The molecule has 7 N–H and O–H groups in total. The summed E-state index contributed by atoms with van der Waals surface area (Å²) >= 11 is 1.48. The third-order valence-electron chi connectivity index (χ3n) is 8.88. The molecular formula is C32H44GaN7O13S. The Bertz CT molecular complexity index is 1550. The first kappa shape index (κ1) is 42.3. The summed E-state index contributed by atoms with van der Waals surface area (Å²) in [4.78, 5) is 90.0. The quantitative estimate of drug-likeness (QED) is 0.0614. The summed E-state index contributed by atoms with van der Waals surface area (Å²) in [5, 5.41) is 38.2. The minimum absolute atomic E-state index is 0.00888. The number of carbonyl (C=O) groups is 7. The molecule has 4 aliphatic rings. The van der Waals surface area contributed by atoms with Gasteiger partial charge in [-0.3, -0.25) is 4.79 Å². The van der Waals surface area contributed by atoms with E-state index in [0.717, 1.165) is 5.56 Å². The number of aliphatic carboxylic acids is 3. The molecule has 1 aromatic carbocycles. The molecule has 4 aliphatic heterocycles. The molecule has 4 heterocycles. The van der Waals surface area contributed by atoms with E-state index in [-0.39, 0.29) is 38.5 Å². The van der Waals surface area contributed by atoms with Gasteiger partial charge in [-0.1, -0.05) is 0 Å². The largest absolute Gasteiger partial charge is 0.480 e. The van der Waals surface area contributed by atoms with Crippen molar-refractivity contribution in [2.75, 3.05) is 64.2 Å². The van der Waals surface area contributed by atoms with Gasteiger partial charge in [-0.2, -0.15) is 0 Å². The Kier molecular flexibility index (Phi) is 16.3. The Balaban J connectivity index is 1.26. The minimum atomic E-state index is -3.92. The van der Waals surface area contributed by atoms with Crippen LogP contribution in [0.3, 0.4) is 0 Å². The van der Waals surface area contributed by atoms with E-state index < -0.39 is 77.7 Å². The van der Waals surface area contributed by atoms with Crippen LogP contribution in [0.15, 0.2) is 24.3 Å². The number of carboxylic acids is 3. The summed E-state index contributed by atoms with van der Waals surface area (Å²) in [5.41, 5.74) is 1.69. The van der Waals surface area contributed by atoms with Crippen LogP contribution in [0.1, 0.15) is 37.7 Å². The molecule has 4 bridgehead atoms. The third-order valence-corrected chi connectivity index (χ3v) is 12.0. The summed E-state index contributed by atoms with van der Waals surface area (Å²) in [7, 11) is 0. The SMILES string of the molecule is O=C(O)CCC(NC(=O)NC(CCCCNC(=S)Nc1ccc(CC2CN3CCN4CCN2CC(=O)[O][Ga]([O]C(=O)C4)[O]C(=O)C3)cc1)C(=O)O)C(=O)O. The van der Waals surface area contributed by atoms with Gasteiger partial charge in [0.2, 0.25) is 0 Å². The predicted molar refractivity (Wildman–Crippen MR) is 192 cm³/mol. The molecule has 294 valence electrons. The summed E-state index contributed by atoms with van der Waals surface area (Å²) in [6.07, 6.45) is 0.634. The van der Waals surface area contributed by atoms with E-state index in [1.165, 1.54) is 0 Å². The minimum Gasteiger partial charge on any atom is -0.480 e.